The fourth-order valence-corrected chi connectivity index (χ4v) is 6.51. The van der Waals surface area contributed by atoms with E-state index < -0.39 is 33.6 Å². The first kappa shape index (κ1) is 16.6. The van der Waals surface area contributed by atoms with Crippen molar-refractivity contribution in [3.05, 3.63) is 0 Å². The molecule has 4 atom stereocenters. The van der Waals surface area contributed by atoms with E-state index in [0.717, 1.165) is 0 Å². The molecule has 3 amide bonds. The Morgan fingerprint density at radius 1 is 1.29 bits per heavy atom. The topological polar surface area (TPSA) is 102 Å². The van der Waals surface area contributed by atoms with Crippen molar-refractivity contribution >= 4 is 22.0 Å². The molecule has 4 rings (SSSR count). The molecule has 0 aromatic heterocycles. The minimum Gasteiger partial charge on any atom is -0.324 e. The number of nitrogens with zero attached hydrogens (tertiary/aromatic N) is 3. The fraction of sp³-hybridized carbons (Fsp3) is 0.889. The van der Waals surface area contributed by atoms with Gasteiger partial charge >= 0.3 is 6.03 Å². The molecule has 0 bridgehead atoms. The highest BCUT2D eigenvalue weighted by Gasteiger charge is 2.51. The summed E-state index contributed by atoms with van der Waals surface area (Å²) in [4.78, 5) is 28.9. The highest BCUT2D eigenvalue weighted by Crippen LogP contribution is 2.39. The van der Waals surface area contributed by atoms with Crippen LogP contribution in [0.3, 0.4) is 0 Å². The normalized spacial score (nSPS) is 38.0. The summed E-state index contributed by atoms with van der Waals surface area (Å²) in [5.74, 6) is -0.811. The van der Waals surface area contributed by atoms with Crippen molar-refractivity contribution in [2.45, 2.75) is 55.8 Å². The van der Waals surface area contributed by atoms with Gasteiger partial charge < -0.3 is 4.90 Å². The zero-order valence-corrected chi connectivity index (χ0v) is 17.2. The van der Waals surface area contributed by atoms with Gasteiger partial charge in [0.05, 0.1) is 11.2 Å². The lowest BCUT2D eigenvalue weighted by atomic mass is 9.81. The van der Waals surface area contributed by atoms with Crippen LogP contribution < -0.4 is 10.1 Å². The first-order chi connectivity index (χ1) is 14.3. The highest BCUT2D eigenvalue weighted by atomic mass is 32.2. The van der Waals surface area contributed by atoms with E-state index in [1.165, 1.54) is 4.90 Å². The molecule has 2 heterocycles. The zero-order valence-electron chi connectivity index (χ0n) is 19.3. The predicted molar refractivity (Wildman–Crippen MR) is 104 cm³/mol. The van der Waals surface area contributed by atoms with Gasteiger partial charge in [-0.2, -0.15) is 0 Å². The molecule has 2 saturated carbocycles. The fourth-order valence-electron chi connectivity index (χ4n) is 4.69. The Labute approximate surface area is 171 Å². The van der Waals surface area contributed by atoms with Crippen molar-refractivity contribution in [3.8, 4) is 0 Å². The molecule has 0 radical (unpaired) electrons. The summed E-state index contributed by atoms with van der Waals surface area (Å²) < 4.78 is 51.5. The number of imide groups is 1. The highest BCUT2D eigenvalue weighted by molar-refractivity contribution is 7.90. The van der Waals surface area contributed by atoms with Gasteiger partial charge in [0.2, 0.25) is 15.9 Å². The maximum atomic E-state index is 13.3. The zero-order chi connectivity index (χ0) is 22.8. The van der Waals surface area contributed by atoms with Gasteiger partial charge in [0.1, 0.15) is 0 Å². The third-order valence-electron chi connectivity index (χ3n) is 6.53. The van der Waals surface area contributed by atoms with E-state index in [2.05, 4.69) is 10.1 Å². The van der Waals surface area contributed by atoms with E-state index in [-0.39, 0.29) is 49.6 Å². The smallest absolute Gasteiger partial charge is 0.324 e. The maximum Gasteiger partial charge on any atom is 0.326 e. The Balaban J connectivity index is 1.49. The number of hydrazine groups is 1. The van der Waals surface area contributed by atoms with Crippen LogP contribution in [0.1, 0.15) is 43.1 Å². The number of rotatable bonds is 5. The van der Waals surface area contributed by atoms with Gasteiger partial charge in [-0.3, -0.25) is 15.1 Å². The third kappa shape index (κ3) is 3.67. The second-order valence-electron chi connectivity index (χ2n) is 8.79. The van der Waals surface area contributed by atoms with Crippen LogP contribution in [0.4, 0.5) is 4.79 Å². The summed E-state index contributed by atoms with van der Waals surface area (Å²) in [6, 6.07) is -0.663. The molecule has 2 saturated heterocycles. The van der Waals surface area contributed by atoms with Crippen LogP contribution in [0.25, 0.3) is 0 Å². The van der Waals surface area contributed by atoms with Crippen molar-refractivity contribution < 1.29 is 22.1 Å². The standard InChI is InChI=1S/C18H31N5O4S/c1-18(6-7-18)20-28(26,27)13-4-5-15-14(8-13)16(24)23(17(25)22(15)3)11-12-9-19-21(2)10-12/h12-15,19-20H,4-11H2,1-3H3/i1D3. The lowest BCUT2D eigenvalue weighted by molar-refractivity contribution is -0.140. The van der Waals surface area contributed by atoms with E-state index in [4.69, 9.17) is 4.11 Å². The van der Waals surface area contributed by atoms with Crippen molar-refractivity contribution in [1.82, 2.24) is 25.0 Å². The second kappa shape index (κ2) is 6.93. The Morgan fingerprint density at radius 2 is 2.04 bits per heavy atom. The largest absolute Gasteiger partial charge is 0.326 e. The van der Waals surface area contributed by atoms with Crippen LogP contribution in [0, 0.1) is 11.8 Å². The first-order valence-corrected chi connectivity index (χ1v) is 11.4. The molecule has 4 fully saturated rings. The van der Waals surface area contributed by atoms with Crippen molar-refractivity contribution in [2.75, 3.05) is 33.7 Å². The minimum atomic E-state index is -3.91. The lowest BCUT2D eigenvalue weighted by Gasteiger charge is -2.47. The van der Waals surface area contributed by atoms with E-state index in [1.807, 2.05) is 12.1 Å². The number of hydrogen-bond donors (Lipinski definition) is 2. The van der Waals surface area contributed by atoms with Gasteiger partial charge in [0, 0.05) is 55.3 Å². The summed E-state index contributed by atoms with van der Waals surface area (Å²) in [6.45, 7) is -0.721. The summed E-state index contributed by atoms with van der Waals surface area (Å²) in [7, 11) is -0.348. The van der Waals surface area contributed by atoms with Crippen LogP contribution in [-0.2, 0) is 14.8 Å². The van der Waals surface area contributed by atoms with E-state index in [9.17, 15) is 18.0 Å². The van der Waals surface area contributed by atoms with Crippen molar-refractivity contribution in [2.24, 2.45) is 11.8 Å². The van der Waals surface area contributed by atoms with Crippen LogP contribution in [-0.4, -0.2) is 85.7 Å². The Kier molecular flexibility index (Phi) is 4.10. The van der Waals surface area contributed by atoms with Gasteiger partial charge in [0.15, 0.2) is 0 Å². The molecular weight excluding hydrogens is 382 g/mol. The average molecular weight is 417 g/mol. The molecule has 4 unspecified atom stereocenters. The van der Waals surface area contributed by atoms with E-state index >= 15 is 0 Å². The molecule has 2 aliphatic heterocycles. The van der Waals surface area contributed by atoms with Gasteiger partial charge in [0.25, 0.3) is 0 Å². The summed E-state index contributed by atoms with van der Waals surface area (Å²) in [5, 5.41) is 1.07. The predicted octanol–water partition coefficient (Wildman–Crippen LogP) is -0.0442. The number of fused-ring (bicyclic) bond motifs is 1. The molecule has 28 heavy (non-hydrogen) atoms. The van der Waals surface area contributed by atoms with Gasteiger partial charge in [-0.15, -0.1) is 0 Å². The van der Waals surface area contributed by atoms with Gasteiger partial charge in [-0.1, -0.05) is 0 Å². The number of amides is 3. The molecular formula is C18H31N5O4S. The molecule has 4 aliphatic rings. The SMILES string of the molecule is [2H]C([2H])([2H])C1(NS(=O)(=O)C2CCC3C(C2)C(=O)N(CC2CNN(C)C2)C(=O)N3C)CC1. The number of hydrogen-bond acceptors (Lipinski definition) is 6. The number of urea groups is 1. The summed E-state index contributed by atoms with van der Waals surface area (Å²) in [6.07, 6.45) is 1.35. The average Bonchev–Trinajstić information content (AvgIpc) is 3.36. The number of carbonyl (C=O) groups is 2. The quantitative estimate of drug-likeness (QED) is 0.652. The van der Waals surface area contributed by atoms with Gasteiger partial charge in [-0.25, -0.2) is 22.9 Å². The van der Waals surface area contributed by atoms with Crippen LogP contribution in [0.5, 0.6) is 0 Å². The molecule has 0 spiro atoms. The van der Waals surface area contributed by atoms with Crippen molar-refractivity contribution in [3.63, 3.8) is 0 Å². The monoisotopic (exact) mass is 416 g/mol. The number of sulfonamides is 1. The number of nitrogens with one attached hydrogen (secondary N) is 2. The maximum absolute atomic E-state index is 13.3. The van der Waals surface area contributed by atoms with Crippen LogP contribution >= 0.6 is 0 Å². The Bertz CT molecular complexity index is 863. The molecule has 158 valence electrons. The summed E-state index contributed by atoms with van der Waals surface area (Å²) >= 11 is 0. The van der Waals surface area contributed by atoms with Crippen LogP contribution in [0.15, 0.2) is 0 Å². The molecule has 2 aliphatic carbocycles. The minimum absolute atomic E-state index is 0.0901. The molecule has 2 N–H and O–H groups in total. The van der Waals surface area contributed by atoms with E-state index in [0.29, 0.717) is 26.1 Å². The summed E-state index contributed by atoms with van der Waals surface area (Å²) in [5.41, 5.74) is 1.78. The molecule has 0 aromatic carbocycles. The molecule has 9 nitrogen and oxygen atoms in total. The van der Waals surface area contributed by atoms with E-state index in [1.54, 1.807) is 11.9 Å². The Morgan fingerprint density at radius 3 is 2.64 bits per heavy atom. The molecule has 0 aromatic rings. The second-order valence-corrected chi connectivity index (χ2v) is 10.7. The van der Waals surface area contributed by atoms with Crippen molar-refractivity contribution in [1.29, 1.82) is 0 Å². The Hall–Kier alpha value is -1.23. The molecule has 10 heteroatoms. The lowest BCUT2D eigenvalue weighted by Crippen LogP contribution is -2.63. The van der Waals surface area contributed by atoms with Gasteiger partial charge in [-0.05, 0) is 39.0 Å². The first-order valence-electron chi connectivity index (χ1n) is 11.4. The van der Waals surface area contributed by atoms with Crippen LogP contribution in [0.2, 0.25) is 0 Å². The third-order valence-corrected chi connectivity index (χ3v) is 8.51. The number of carbonyl (C=O) groups excluding carboxylic acids is 2.